The van der Waals surface area contributed by atoms with Crippen LogP contribution in [0, 0.1) is 0 Å². The molecule has 3 saturated heterocycles. The van der Waals surface area contributed by atoms with Crippen LogP contribution < -0.4 is 5.32 Å². The summed E-state index contributed by atoms with van der Waals surface area (Å²) in [4.78, 5) is 28.2. The molecule has 3 aliphatic heterocycles. The van der Waals surface area contributed by atoms with Gasteiger partial charge in [-0.05, 0) is 32.1 Å². The SMILES string of the molecule is O=C1CCCCCN1CC(=O)N1CCC2CCC(C1)N2. The van der Waals surface area contributed by atoms with Gasteiger partial charge < -0.3 is 15.1 Å². The zero-order valence-electron chi connectivity index (χ0n) is 12.1. The van der Waals surface area contributed by atoms with Crippen molar-refractivity contribution in [2.24, 2.45) is 0 Å². The lowest BCUT2D eigenvalue weighted by Crippen LogP contribution is -2.45. The van der Waals surface area contributed by atoms with E-state index in [-0.39, 0.29) is 18.4 Å². The van der Waals surface area contributed by atoms with Gasteiger partial charge >= 0.3 is 0 Å². The second-order valence-corrected chi connectivity index (χ2v) is 6.39. The average molecular weight is 279 g/mol. The van der Waals surface area contributed by atoms with Crippen molar-refractivity contribution in [1.82, 2.24) is 15.1 Å². The van der Waals surface area contributed by atoms with Crippen LogP contribution in [0.25, 0.3) is 0 Å². The molecule has 2 bridgehead atoms. The highest BCUT2D eigenvalue weighted by atomic mass is 16.2. The fraction of sp³-hybridized carbons (Fsp3) is 0.867. The third-order valence-corrected chi connectivity index (χ3v) is 4.87. The summed E-state index contributed by atoms with van der Waals surface area (Å²) in [7, 11) is 0. The lowest BCUT2D eigenvalue weighted by molar-refractivity contribution is -0.140. The summed E-state index contributed by atoms with van der Waals surface area (Å²) in [6.45, 7) is 2.70. The molecule has 2 amide bonds. The Morgan fingerprint density at radius 2 is 1.95 bits per heavy atom. The van der Waals surface area contributed by atoms with E-state index in [2.05, 4.69) is 5.32 Å². The Morgan fingerprint density at radius 1 is 1.10 bits per heavy atom. The van der Waals surface area contributed by atoms with Gasteiger partial charge in [0.1, 0.15) is 0 Å². The normalized spacial score (nSPS) is 31.1. The molecule has 2 atom stereocenters. The van der Waals surface area contributed by atoms with Crippen LogP contribution in [0.1, 0.15) is 44.9 Å². The molecular formula is C15H25N3O2. The van der Waals surface area contributed by atoms with Crippen molar-refractivity contribution in [3.63, 3.8) is 0 Å². The maximum Gasteiger partial charge on any atom is 0.242 e. The Morgan fingerprint density at radius 3 is 2.85 bits per heavy atom. The molecular weight excluding hydrogens is 254 g/mol. The van der Waals surface area contributed by atoms with Crippen LogP contribution in [0.2, 0.25) is 0 Å². The van der Waals surface area contributed by atoms with Crippen molar-refractivity contribution in [3.8, 4) is 0 Å². The molecule has 2 unspecified atom stereocenters. The molecule has 5 heteroatoms. The van der Waals surface area contributed by atoms with Crippen LogP contribution in [0.4, 0.5) is 0 Å². The van der Waals surface area contributed by atoms with E-state index < -0.39 is 0 Å². The highest BCUT2D eigenvalue weighted by Crippen LogP contribution is 2.20. The van der Waals surface area contributed by atoms with Crippen LogP contribution in [-0.4, -0.2) is 59.9 Å². The minimum Gasteiger partial charge on any atom is -0.340 e. The van der Waals surface area contributed by atoms with Gasteiger partial charge in [0, 0.05) is 38.1 Å². The van der Waals surface area contributed by atoms with Crippen molar-refractivity contribution >= 4 is 11.8 Å². The first-order valence-electron chi connectivity index (χ1n) is 8.04. The first-order valence-corrected chi connectivity index (χ1v) is 8.04. The summed E-state index contributed by atoms with van der Waals surface area (Å²) in [6, 6.07) is 1.06. The maximum atomic E-state index is 12.5. The van der Waals surface area contributed by atoms with Crippen LogP contribution in [0.5, 0.6) is 0 Å². The summed E-state index contributed by atoms with van der Waals surface area (Å²) in [5.74, 6) is 0.292. The van der Waals surface area contributed by atoms with Gasteiger partial charge in [-0.1, -0.05) is 6.42 Å². The molecule has 0 aromatic heterocycles. The quantitative estimate of drug-likeness (QED) is 0.811. The number of rotatable bonds is 2. The van der Waals surface area contributed by atoms with Crippen molar-refractivity contribution in [2.45, 2.75) is 57.0 Å². The van der Waals surface area contributed by atoms with Gasteiger partial charge in [0.2, 0.25) is 11.8 Å². The number of carbonyl (C=O) groups is 2. The second kappa shape index (κ2) is 6.12. The minimum absolute atomic E-state index is 0.134. The Balaban J connectivity index is 1.56. The van der Waals surface area contributed by atoms with Gasteiger partial charge in [0.25, 0.3) is 0 Å². The van der Waals surface area contributed by atoms with E-state index in [9.17, 15) is 9.59 Å². The third-order valence-electron chi connectivity index (χ3n) is 4.87. The van der Waals surface area contributed by atoms with Gasteiger partial charge in [-0.15, -0.1) is 0 Å². The standard InChI is InChI=1S/C15H25N3O2/c19-14-4-2-1-3-8-17(14)11-15(20)18-9-7-12-5-6-13(10-18)16-12/h12-13,16H,1-11H2. The van der Waals surface area contributed by atoms with E-state index in [4.69, 9.17) is 0 Å². The number of nitrogens with zero attached hydrogens (tertiary/aromatic N) is 2. The largest absolute Gasteiger partial charge is 0.340 e. The monoisotopic (exact) mass is 279 g/mol. The zero-order valence-corrected chi connectivity index (χ0v) is 12.1. The topological polar surface area (TPSA) is 52.7 Å². The van der Waals surface area contributed by atoms with Gasteiger partial charge in [0.05, 0.1) is 6.54 Å². The molecule has 112 valence electrons. The fourth-order valence-corrected chi connectivity index (χ4v) is 3.64. The van der Waals surface area contributed by atoms with Crippen molar-refractivity contribution in [3.05, 3.63) is 0 Å². The summed E-state index contributed by atoms with van der Waals surface area (Å²) in [5, 5.41) is 3.59. The molecule has 0 aromatic carbocycles. The molecule has 0 spiro atoms. The van der Waals surface area contributed by atoms with E-state index in [1.807, 2.05) is 4.90 Å². The molecule has 3 aliphatic rings. The first kappa shape index (κ1) is 13.9. The van der Waals surface area contributed by atoms with Gasteiger partial charge in [0.15, 0.2) is 0 Å². The summed E-state index contributed by atoms with van der Waals surface area (Å²) in [6.07, 6.45) is 7.20. The number of hydrogen-bond donors (Lipinski definition) is 1. The van der Waals surface area contributed by atoms with Crippen LogP contribution in [-0.2, 0) is 9.59 Å². The van der Waals surface area contributed by atoms with E-state index in [0.29, 0.717) is 18.5 Å². The number of likely N-dealkylation sites (tertiary alicyclic amines) is 2. The van der Waals surface area contributed by atoms with Crippen LogP contribution >= 0.6 is 0 Å². The highest BCUT2D eigenvalue weighted by molar-refractivity contribution is 5.85. The van der Waals surface area contributed by atoms with Gasteiger partial charge in [-0.25, -0.2) is 0 Å². The van der Waals surface area contributed by atoms with Gasteiger partial charge in [-0.3, -0.25) is 9.59 Å². The predicted octanol–water partition coefficient (Wildman–Crippen LogP) is 0.742. The van der Waals surface area contributed by atoms with Crippen molar-refractivity contribution in [1.29, 1.82) is 0 Å². The first-order chi connectivity index (χ1) is 9.72. The van der Waals surface area contributed by atoms with Crippen LogP contribution in [0.3, 0.4) is 0 Å². The van der Waals surface area contributed by atoms with Crippen molar-refractivity contribution < 1.29 is 9.59 Å². The lowest BCUT2D eigenvalue weighted by Gasteiger charge is -2.28. The summed E-state index contributed by atoms with van der Waals surface area (Å²) in [5.41, 5.74) is 0. The Bertz CT molecular complexity index is 385. The molecule has 0 saturated carbocycles. The average Bonchev–Trinajstić information content (AvgIpc) is 2.62. The molecule has 0 aliphatic carbocycles. The number of fused-ring (bicyclic) bond motifs is 2. The molecule has 3 fully saturated rings. The van der Waals surface area contributed by atoms with Gasteiger partial charge in [-0.2, -0.15) is 0 Å². The molecule has 0 aromatic rings. The van der Waals surface area contributed by atoms with E-state index in [1.54, 1.807) is 4.90 Å². The Kier molecular flexibility index (Phi) is 4.24. The zero-order chi connectivity index (χ0) is 13.9. The second-order valence-electron chi connectivity index (χ2n) is 6.39. The lowest BCUT2D eigenvalue weighted by atomic mass is 10.1. The van der Waals surface area contributed by atoms with E-state index in [1.165, 1.54) is 12.8 Å². The smallest absolute Gasteiger partial charge is 0.242 e. The van der Waals surface area contributed by atoms with Crippen LogP contribution in [0.15, 0.2) is 0 Å². The summed E-state index contributed by atoms with van der Waals surface area (Å²) < 4.78 is 0. The minimum atomic E-state index is 0.134. The van der Waals surface area contributed by atoms with E-state index in [0.717, 1.165) is 45.3 Å². The molecule has 3 heterocycles. The number of carbonyl (C=O) groups excluding carboxylic acids is 2. The predicted molar refractivity (Wildman–Crippen MR) is 76.2 cm³/mol. The third kappa shape index (κ3) is 3.14. The Labute approximate surface area is 120 Å². The molecule has 5 nitrogen and oxygen atoms in total. The highest BCUT2D eigenvalue weighted by Gasteiger charge is 2.32. The van der Waals surface area contributed by atoms with E-state index >= 15 is 0 Å². The molecule has 1 N–H and O–H groups in total. The molecule has 3 rings (SSSR count). The fourth-order valence-electron chi connectivity index (χ4n) is 3.64. The maximum absolute atomic E-state index is 12.5. The van der Waals surface area contributed by atoms with Crippen molar-refractivity contribution in [2.75, 3.05) is 26.2 Å². The number of hydrogen-bond acceptors (Lipinski definition) is 3. The molecule has 0 radical (unpaired) electrons. The number of amides is 2. The summed E-state index contributed by atoms with van der Waals surface area (Å²) >= 11 is 0. The number of nitrogens with one attached hydrogen (secondary N) is 1. The Hall–Kier alpha value is -1.10. The molecule has 20 heavy (non-hydrogen) atoms.